The third-order valence-electron chi connectivity index (χ3n) is 1.93. The zero-order valence-electron chi connectivity index (χ0n) is 8.00. The number of aromatic nitrogens is 2. The molecule has 0 amide bonds. The van der Waals surface area contributed by atoms with Gasteiger partial charge in [0.25, 0.3) is 0 Å². The first kappa shape index (κ1) is 10.1. The van der Waals surface area contributed by atoms with Crippen LogP contribution in [-0.2, 0) is 6.42 Å². The Morgan fingerprint density at radius 1 is 1.40 bits per heavy atom. The van der Waals surface area contributed by atoms with E-state index in [4.69, 9.17) is 16.0 Å². The molecular formula is C10H8ClFN2O. The average Bonchev–Trinajstić information content (AvgIpc) is 2.66. The van der Waals surface area contributed by atoms with E-state index in [0.717, 1.165) is 0 Å². The molecule has 1 aromatic heterocycles. The number of benzene rings is 1. The lowest BCUT2D eigenvalue weighted by Gasteiger charge is -1.97. The summed E-state index contributed by atoms with van der Waals surface area (Å²) in [7, 11) is 0. The number of hydrogen-bond acceptors (Lipinski definition) is 3. The van der Waals surface area contributed by atoms with Gasteiger partial charge in [0.05, 0.1) is 10.6 Å². The maximum Gasteiger partial charge on any atom is 0.249 e. The van der Waals surface area contributed by atoms with Gasteiger partial charge in [0, 0.05) is 6.42 Å². The summed E-state index contributed by atoms with van der Waals surface area (Å²) in [6.07, 6.45) is 0.659. The second kappa shape index (κ2) is 3.98. The lowest BCUT2D eigenvalue weighted by Crippen LogP contribution is -1.81. The summed E-state index contributed by atoms with van der Waals surface area (Å²) in [6, 6.07) is 4.04. The SMILES string of the molecule is CCc1nnc(-c2ccc(F)cc2Cl)o1. The van der Waals surface area contributed by atoms with Gasteiger partial charge in [-0.1, -0.05) is 18.5 Å². The molecule has 0 N–H and O–H groups in total. The number of halogens is 2. The minimum Gasteiger partial charge on any atom is -0.421 e. The fourth-order valence-corrected chi connectivity index (χ4v) is 1.42. The molecule has 1 heterocycles. The van der Waals surface area contributed by atoms with Crippen molar-refractivity contribution in [3.63, 3.8) is 0 Å². The van der Waals surface area contributed by atoms with Crippen LogP contribution in [0.1, 0.15) is 12.8 Å². The van der Waals surface area contributed by atoms with Crippen LogP contribution in [0.15, 0.2) is 22.6 Å². The molecular weight excluding hydrogens is 219 g/mol. The summed E-state index contributed by atoms with van der Waals surface area (Å²) in [5.41, 5.74) is 0.547. The van der Waals surface area contributed by atoms with Crippen molar-refractivity contribution in [1.29, 1.82) is 0 Å². The number of nitrogens with zero attached hydrogens (tertiary/aromatic N) is 2. The number of hydrogen-bond donors (Lipinski definition) is 0. The standard InChI is InChI=1S/C10H8ClFN2O/c1-2-9-13-14-10(15-9)7-4-3-6(12)5-8(7)11/h3-5H,2H2,1H3. The van der Waals surface area contributed by atoms with Gasteiger partial charge in [0.15, 0.2) is 0 Å². The molecule has 1 aromatic carbocycles. The zero-order chi connectivity index (χ0) is 10.8. The van der Waals surface area contributed by atoms with Gasteiger partial charge in [-0.25, -0.2) is 4.39 Å². The smallest absolute Gasteiger partial charge is 0.249 e. The highest BCUT2D eigenvalue weighted by Crippen LogP contribution is 2.27. The van der Waals surface area contributed by atoms with Crippen LogP contribution in [-0.4, -0.2) is 10.2 Å². The molecule has 0 unspecified atom stereocenters. The van der Waals surface area contributed by atoms with Crippen LogP contribution >= 0.6 is 11.6 Å². The second-order valence-electron chi connectivity index (χ2n) is 2.98. The van der Waals surface area contributed by atoms with Gasteiger partial charge in [0.1, 0.15) is 5.82 Å². The Bertz CT molecular complexity index is 484. The van der Waals surface area contributed by atoms with Gasteiger partial charge in [0.2, 0.25) is 11.8 Å². The van der Waals surface area contributed by atoms with Crippen molar-refractivity contribution in [3.8, 4) is 11.5 Å². The fraction of sp³-hybridized carbons (Fsp3) is 0.200. The van der Waals surface area contributed by atoms with Crippen LogP contribution in [0.3, 0.4) is 0 Å². The maximum absolute atomic E-state index is 12.8. The van der Waals surface area contributed by atoms with E-state index >= 15 is 0 Å². The first-order valence-electron chi connectivity index (χ1n) is 4.48. The Morgan fingerprint density at radius 3 is 2.80 bits per heavy atom. The molecule has 5 heteroatoms. The largest absolute Gasteiger partial charge is 0.421 e. The monoisotopic (exact) mass is 226 g/mol. The summed E-state index contributed by atoms with van der Waals surface area (Å²) in [6.45, 7) is 1.91. The van der Waals surface area contributed by atoms with Crippen molar-refractivity contribution in [2.24, 2.45) is 0 Å². The van der Waals surface area contributed by atoms with Gasteiger partial charge >= 0.3 is 0 Å². The van der Waals surface area contributed by atoms with Crippen LogP contribution in [0.4, 0.5) is 4.39 Å². The van der Waals surface area contributed by atoms with Crippen LogP contribution in [0.2, 0.25) is 5.02 Å². The van der Waals surface area contributed by atoms with Gasteiger partial charge in [-0.05, 0) is 18.2 Å². The highest BCUT2D eigenvalue weighted by Gasteiger charge is 2.11. The van der Waals surface area contributed by atoms with E-state index in [1.807, 2.05) is 6.92 Å². The lowest BCUT2D eigenvalue weighted by molar-refractivity contribution is 0.512. The van der Waals surface area contributed by atoms with Gasteiger partial charge in [-0.15, -0.1) is 10.2 Å². The highest BCUT2D eigenvalue weighted by atomic mass is 35.5. The first-order chi connectivity index (χ1) is 7.20. The molecule has 0 spiro atoms. The van der Waals surface area contributed by atoms with Crippen molar-refractivity contribution in [1.82, 2.24) is 10.2 Å². The summed E-state index contributed by atoms with van der Waals surface area (Å²) in [5, 5.41) is 7.89. The minimum atomic E-state index is -0.390. The number of rotatable bonds is 2. The van der Waals surface area contributed by atoms with Crippen LogP contribution in [0.25, 0.3) is 11.5 Å². The Morgan fingerprint density at radius 2 is 2.20 bits per heavy atom. The summed E-state index contributed by atoms with van der Waals surface area (Å²) >= 11 is 5.85. The summed E-state index contributed by atoms with van der Waals surface area (Å²) in [4.78, 5) is 0. The topological polar surface area (TPSA) is 38.9 Å². The Kier molecular flexibility index (Phi) is 2.68. The maximum atomic E-state index is 12.8. The fourth-order valence-electron chi connectivity index (χ4n) is 1.17. The molecule has 15 heavy (non-hydrogen) atoms. The molecule has 0 aliphatic carbocycles. The first-order valence-corrected chi connectivity index (χ1v) is 4.86. The zero-order valence-corrected chi connectivity index (χ0v) is 8.75. The molecule has 0 radical (unpaired) electrons. The molecule has 0 saturated heterocycles. The normalized spacial score (nSPS) is 10.6. The van der Waals surface area contributed by atoms with Crippen molar-refractivity contribution in [2.45, 2.75) is 13.3 Å². The summed E-state index contributed by atoms with van der Waals surface area (Å²) < 4.78 is 18.1. The predicted octanol–water partition coefficient (Wildman–Crippen LogP) is 3.09. The predicted molar refractivity (Wildman–Crippen MR) is 54.1 cm³/mol. The van der Waals surface area contributed by atoms with Crippen LogP contribution in [0.5, 0.6) is 0 Å². The second-order valence-corrected chi connectivity index (χ2v) is 3.39. The minimum absolute atomic E-state index is 0.265. The molecule has 0 atom stereocenters. The van der Waals surface area contributed by atoms with E-state index in [9.17, 15) is 4.39 Å². The van der Waals surface area contributed by atoms with Crippen molar-refractivity contribution in [2.75, 3.05) is 0 Å². The lowest BCUT2D eigenvalue weighted by atomic mass is 10.2. The third kappa shape index (κ3) is 1.99. The van der Waals surface area contributed by atoms with Crippen molar-refractivity contribution in [3.05, 3.63) is 34.9 Å². The van der Waals surface area contributed by atoms with Gasteiger partial charge in [-0.3, -0.25) is 0 Å². The molecule has 78 valence electrons. The Balaban J connectivity index is 2.44. The average molecular weight is 227 g/mol. The van der Waals surface area contributed by atoms with E-state index in [1.165, 1.54) is 18.2 Å². The van der Waals surface area contributed by atoms with Crippen LogP contribution < -0.4 is 0 Å². The third-order valence-corrected chi connectivity index (χ3v) is 2.24. The van der Waals surface area contributed by atoms with E-state index in [1.54, 1.807) is 0 Å². The molecule has 0 bridgehead atoms. The quantitative estimate of drug-likeness (QED) is 0.790. The van der Waals surface area contributed by atoms with E-state index in [0.29, 0.717) is 23.8 Å². The van der Waals surface area contributed by atoms with Crippen molar-refractivity contribution < 1.29 is 8.81 Å². The highest BCUT2D eigenvalue weighted by molar-refractivity contribution is 6.33. The molecule has 0 aliphatic rings. The van der Waals surface area contributed by atoms with E-state index < -0.39 is 0 Å². The van der Waals surface area contributed by atoms with Crippen molar-refractivity contribution >= 4 is 11.6 Å². The molecule has 2 aromatic rings. The van der Waals surface area contributed by atoms with Gasteiger partial charge in [-0.2, -0.15) is 0 Å². The van der Waals surface area contributed by atoms with E-state index in [2.05, 4.69) is 10.2 Å². The van der Waals surface area contributed by atoms with Gasteiger partial charge < -0.3 is 4.42 Å². The molecule has 3 nitrogen and oxygen atoms in total. The Hall–Kier alpha value is -1.42. The molecule has 0 aliphatic heterocycles. The molecule has 0 fully saturated rings. The summed E-state index contributed by atoms with van der Waals surface area (Å²) in [5.74, 6) is 0.459. The molecule has 2 rings (SSSR count). The number of aryl methyl sites for hydroxylation is 1. The van der Waals surface area contributed by atoms with Crippen LogP contribution in [0, 0.1) is 5.82 Å². The molecule has 0 saturated carbocycles. The van der Waals surface area contributed by atoms with E-state index in [-0.39, 0.29) is 10.8 Å². The Labute approximate surface area is 90.9 Å².